The molecule has 154 valence electrons. The summed E-state index contributed by atoms with van der Waals surface area (Å²) in [6.07, 6.45) is 1.69. The topological polar surface area (TPSA) is 97.2 Å². The Balaban J connectivity index is 2.02. The molecule has 0 saturated heterocycles. The van der Waals surface area contributed by atoms with Crippen LogP contribution in [0, 0.1) is 17.0 Å². The van der Waals surface area contributed by atoms with Crippen molar-refractivity contribution in [3.8, 4) is 0 Å². The van der Waals surface area contributed by atoms with Crippen LogP contribution in [0.4, 0.5) is 11.4 Å². The Morgan fingerprint density at radius 1 is 1.07 bits per heavy atom. The number of benzene rings is 2. The quantitative estimate of drug-likeness (QED) is 0.442. The lowest BCUT2D eigenvalue weighted by Crippen LogP contribution is -2.30. The van der Waals surface area contributed by atoms with Crippen LogP contribution in [0.2, 0.25) is 0 Å². The Bertz CT molecular complexity index is 1050. The summed E-state index contributed by atoms with van der Waals surface area (Å²) in [6.45, 7) is 5.66. The molecule has 7 heteroatoms. The Labute approximate surface area is 175 Å². The summed E-state index contributed by atoms with van der Waals surface area (Å²) in [5, 5.41) is 17.8. The first-order valence-corrected chi connectivity index (χ1v) is 9.68. The first-order valence-electron chi connectivity index (χ1n) is 9.68. The molecule has 0 aliphatic heterocycles. The molecule has 1 atom stereocenters. The van der Waals surface area contributed by atoms with Crippen molar-refractivity contribution >= 4 is 17.3 Å². The van der Waals surface area contributed by atoms with Gasteiger partial charge in [-0.3, -0.25) is 19.9 Å². The highest BCUT2D eigenvalue weighted by Gasteiger charge is 2.23. The Hall–Kier alpha value is -3.74. The lowest BCUT2D eigenvalue weighted by Gasteiger charge is -2.21. The maximum absolute atomic E-state index is 12.3. The number of hydrogen-bond acceptors (Lipinski definition) is 5. The second kappa shape index (κ2) is 9.17. The van der Waals surface area contributed by atoms with Crippen molar-refractivity contribution in [2.24, 2.45) is 0 Å². The fourth-order valence-corrected chi connectivity index (χ4v) is 3.17. The summed E-state index contributed by atoms with van der Waals surface area (Å²) in [4.78, 5) is 28.0. The largest absolute Gasteiger partial charge is 0.367 e. The fraction of sp³-hybridized carbons (Fsp3) is 0.217. The fourth-order valence-electron chi connectivity index (χ4n) is 3.17. The molecule has 2 aromatic carbocycles. The number of aromatic nitrogens is 1. The third kappa shape index (κ3) is 5.00. The van der Waals surface area contributed by atoms with Gasteiger partial charge < -0.3 is 10.6 Å². The Morgan fingerprint density at radius 3 is 2.50 bits per heavy atom. The first-order chi connectivity index (χ1) is 14.3. The summed E-state index contributed by atoms with van der Waals surface area (Å²) in [5.74, 6) is -0.348. The maximum Gasteiger partial charge on any atom is 0.293 e. The molecule has 0 fully saturated rings. The summed E-state index contributed by atoms with van der Waals surface area (Å²) >= 11 is 0. The van der Waals surface area contributed by atoms with Crippen LogP contribution in [-0.2, 0) is 0 Å². The van der Waals surface area contributed by atoms with Crippen molar-refractivity contribution in [3.05, 3.63) is 99.4 Å². The van der Waals surface area contributed by atoms with E-state index in [4.69, 9.17) is 0 Å². The van der Waals surface area contributed by atoms with Crippen LogP contribution < -0.4 is 10.6 Å². The number of carbonyl (C=O) groups is 1. The van der Waals surface area contributed by atoms with E-state index < -0.39 is 4.92 Å². The summed E-state index contributed by atoms with van der Waals surface area (Å²) in [5.41, 5.74) is 3.14. The minimum absolute atomic E-state index is 0.0655. The van der Waals surface area contributed by atoms with Crippen molar-refractivity contribution in [3.63, 3.8) is 0 Å². The molecule has 0 aliphatic rings. The summed E-state index contributed by atoms with van der Waals surface area (Å²) < 4.78 is 0. The van der Waals surface area contributed by atoms with Gasteiger partial charge in [0.15, 0.2) is 0 Å². The molecule has 1 heterocycles. The van der Waals surface area contributed by atoms with Gasteiger partial charge in [-0.25, -0.2) is 0 Å². The third-order valence-corrected chi connectivity index (χ3v) is 4.54. The highest BCUT2D eigenvalue weighted by molar-refractivity contribution is 5.95. The highest BCUT2D eigenvalue weighted by atomic mass is 16.6. The van der Waals surface area contributed by atoms with Gasteiger partial charge in [0.25, 0.3) is 11.6 Å². The van der Waals surface area contributed by atoms with E-state index in [0.717, 1.165) is 16.8 Å². The zero-order chi connectivity index (χ0) is 21.7. The molecule has 2 N–H and O–H groups in total. The Kier molecular flexibility index (Phi) is 6.41. The highest BCUT2D eigenvalue weighted by Crippen LogP contribution is 2.32. The SMILES string of the molecule is Cc1cccc(C(Nc2ccc(C(=O)NC(C)C)cc2[N+](=O)[O-])c2ccccn2)c1. The van der Waals surface area contributed by atoms with Gasteiger partial charge in [0.2, 0.25) is 0 Å². The van der Waals surface area contributed by atoms with Crippen LogP contribution in [0.15, 0.2) is 66.9 Å². The summed E-state index contributed by atoms with van der Waals surface area (Å²) in [7, 11) is 0. The van der Waals surface area contributed by atoms with Gasteiger partial charge in [-0.2, -0.15) is 0 Å². The molecule has 0 radical (unpaired) electrons. The van der Waals surface area contributed by atoms with Gasteiger partial charge in [0.1, 0.15) is 5.69 Å². The number of pyridine rings is 1. The summed E-state index contributed by atoms with van der Waals surface area (Å²) in [6, 6.07) is 17.5. The van der Waals surface area contributed by atoms with E-state index in [9.17, 15) is 14.9 Å². The number of anilines is 1. The van der Waals surface area contributed by atoms with Gasteiger partial charge >= 0.3 is 0 Å². The normalized spacial score (nSPS) is 11.7. The van der Waals surface area contributed by atoms with E-state index in [-0.39, 0.29) is 29.2 Å². The molecule has 0 bridgehead atoms. The number of rotatable bonds is 7. The van der Waals surface area contributed by atoms with E-state index in [1.165, 1.54) is 6.07 Å². The van der Waals surface area contributed by atoms with Crippen LogP contribution in [0.3, 0.4) is 0 Å². The predicted molar refractivity (Wildman–Crippen MR) is 117 cm³/mol. The average molecular weight is 404 g/mol. The van der Waals surface area contributed by atoms with E-state index >= 15 is 0 Å². The smallest absolute Gasteiger partial charge is 0.293 e. The minimum Gasteiger partial charge on any atom is -0.367 e. The number of carbonyl (C=O) groups excluding carboxylic acids is 1. The van der Waals surface area contributed by atoms with Crippen LogP contribution in [0.5, 0.6) is 0 Å². The zero-order valence-electron chi connectivity index (χ0n) is 17.1. The molecule has 7 nitrogen and oxygen atoms in total. The van der Waals surface area contributed by atoms with Crippen molar-refractivity contribution < 1.29 is 9.72 Å². The minimum atomic E-state index is -0.486. The molecule has 1 aromatic heterocycles. The van der Waals surface area contributed by atoms with Gasteiger partial charge in [0.05, 0.1) is 16.7 Å². The molecule has 1 unspecified atom stereocenters. The van der Waals surface area contributed by atoms with E-state index in [1.54, 1.807) is 18.3 Å². The second-order valence-electron chi connectivity index (χ2n) is 7.36. The molecule has 0 spiro atoms. The number of nitro benzene ring substituents is 1. The van der Waals surface area contributed by atoms with Crippen LogP contribution in [0.1, 0.15) is 47.1 Å². The molecule has 1 amide bonds. The van der Waals surface area contributed by atoms with E-state index in [0.29, 0.717) is 5.69 Å². The molecule has 0 saturated carbocycles. The number of nitrogens with one attached hydrogen (secondary N) is 2. The number of nitrogens with zero attached hydrogens (tertiary/aromatic N) is 2. The average Bonchev–Trinajstić information content (AvgIpc) is 2.72. The molecule has 3 aromatic rings. The third-order valence-electron chi connectivity index (χ3n) is 4.54. The lowest BCUT2D eigenvalue weighted by atomic mass is 10.00. The van der Waals surface area contributed by atoms with Crippen LogP contribution >= 0.6 is 0 Å². The van der Waals surface area contributed by atoms with Crippen molar-refractivity contribution in [2.45, 2.75) is 32.9 Å². The molecule has 0 aliphatic carbocycles. The lowest BCUT2D eigenvalue weighted by molar-refractivity contribution is -0.384. The van der Waals surface area contributed by atoms with Crippen molar-refractivity contribution in [1.82, 2.24) is 10.3 Å². The van der Waals surface area contributed by atoms with Crippen LogP contribution in [0.25, 0.3) is 0 Å². The standard InChI is InChI=1S/C23H24N4O3/c1-15(2)25-23(28)18-10-11-19(21(14-18)27(29)30)26-22(20-9-4-5-12-24-20)17-8-6-7-16(3)13-17/h4-15,22,26H,1-3H3,(H,25,28). The zero-order valence-corrected chi connectivity index (χ0v) is 17.1. The number of hydrogen-bond donors (Lipinski definition) is 2. The van der Waals surface area contributed by atoms with E-state index in [2.05, 4.69) is 15.6 Å². The number of nitro groups is 1. The van der Waals surface area contributed by atoms with Gasteiger partial charge in [0, 0.05) is 23.9 Å². The Morgan fingerprint density at radius 2 is 1.87 bits per heavy atom. The first kappa shape index (κ1) is 21.0. The monoisotopic (exact) mass is 404 g/mol. The van der Waals surface area contributed by atoms with Crippen molar-refractivity contribution in [2.75, 3.05) is 5.32 Å². The predicted octanol–water partition coefficient (Wildman–Crippen LogP) is 4.64. The van der Waals surface area contributed by atoms with Gasteiger partial charge in [-0.05, 0) is 50.6 Å². The second-order valence-corrected chi connectivity index (χ2v) is 7.36. The number of amides is 1. The van der Waals surface area contributed by atoms with Crippen molar-refractivity contribution in [1.29, 1.82) is 0 Å². The van der Waals surface area contributed by atoms with Gasteiger partial charge in [-0.1, -0.05) is 35.9 Å². The van der Waals surface area contributed by atoms with Crippen LogP contribution in [-0.4, -0.2) is 21.9 Å². The molecular formula is C23H24N4O3. The maximum atomic E-state index is 12.3. The number of aryl methyl sites for hydroxylation is 1. The molecular weight excluding hydrogens is 380 g/mol. The molecule has 3 rings (SSSR count). The van der Waals surface area contributed by atoms with Gasteiger partial charge in [-0.15, -0.1) is 0 Å². The molecule has 30 heavy (non-hydrogen) atoms. The van der Waals surface area contributed by atoms with E-state index in [1.807, 2.05) is 63.2 Å².